The van der Waals surface area contributed by atoms with E-state index in [0.29, 0.717) is 5.69 Å². The third-order valence-electron chi connectivity index (χ3n) is 2.95. The average molecular weight is 284 g/mol. The molecule has 0 saturated carbocycles. The number of hydrogen-bond donors (Lipinski definition) is 1. The lowest BCUT2D eigenvalue weighted by atomic mass is 10.0. The molecule has 1 aromatic carbocycles. The summed E-state index contributed by atoms with van der Waals surface area (Å²) in [6.45, 7) is 3.13. The van der Waals surface area contributed by atoms with Crippen LogP contribution in [0.4, 0.5) is 5.69 Å². The van der Waals surface area contributed by atoms with Crippen LogP contribution in [0.1, 0.15) is 24.0 Å². The molecule has 19 heavy (non-hydrogen) atoms. The summed E-state index contributed by atoms with van der Waals surface area (Å²) in [7, 11) is 0.968. The van der Waals surface area contributed by atoms with Crippen molar-refractivity contribution in [3.05, 3.63) is 29.3 Å². The Hall–Kier alpha value is -1.07. The highest BCUT2D eigenvalue weighted by Gasteiger charge is 2.04. The fourth-order valence-electron chi connectivity index (χ4n) is 2.00. The maximum Gasteiger partial charge on any atom is 0.229 e. The van der Waals surface area contributed by atoms with Crippen molar-refractivity contribution in [2.24, 2.45) is 0 Å². The fraction of sp³-hybridized carbons (Fsp3) is 0.571. The third kappa shape index (κ3) is 6.59. The second-order valence-electron chi connectivity index (χ2n) is 5.28. The molecule has 0 amide bonds. The SMILES string of the molecule is Cc1cc(NS(C)(=O)=O)ccc1CCCCN(C)C. The van der Waals surface area contributed by atoms with Gasteiger partial charge in [-0.25, -0.2) is 8.42 Å². The molecule has 1 N–H and O–H groups in total. The van der Waals surface area contributed by atoms with Crippen LogP contribution in [0.25, 0.3) is 0 Å². The van der Waals surface area contributed by atoms with E-state index in [2.05, 4.69) is 23.7 Å². The fourth-order valence-corrected chi connectivity index (χ4v) is 2.55. The van der Waals surface area contributed by atoms with E-state index < -0.39 is 10.0 Å². The highest BCUT2D eigenvalue weighted by atomic mass is 32.2. The Balaban J connectivity index is 2.57. The molecule has 108 valence electrons. The van der Waals surface area contributed by atoms with Crippen molar-refractivity contribution in [1.29, 1.82) is 0 Å². The zero-order chi connectivity index (χ0) is 14.5. The van der Waals surface area contributed by atoms with Gasteiger partial charge in [0.15, 0.2) is 0 Å². The van der Waals surface area contributed by atoms with Crippen LogP contribution in [0.15, 0.2) is 18.2 Å². The summed E-state index contributed by atoms with van der Waals surface area (Å²) in [6, 6.07) is 5.73. The molecule has 1 rings (SSSR count). The Kier molecular flexibility index (Phi) is 5.82. The second kappa shape index (κ2) is 6.91. The molecule has 0 aliphatic carbocycles. The third-order valence-corrected chi connectivity index (χ3v) is 3.55. The number of aryl methyl sites for hydroxylation is 2. The van der Waals surface area contributed by atoms with Gasteiger partial charge in [-0.15, -0.1) is 0 Å². The predicted molar refractivity (Wildman–Crippen MR) is 81.1 cm³/mol. The van der Waals surface area contributed by atoms with Crippen LogP contribution in [0, 0.1) is 6.92 Å². The zero-order valence-electron chi connectivity index (χ0n) is 12.2. The molecule has 5 heteroatoms. The standard InChI is InChI=1S/C14H24N2O2S/c1-12-11-14(15-19(4,17)18)9-8-13(12)7-5-6-10-16(2)3/h8-9,11,15H,5-7,10H2,1-4H3. The maximum absolute atomic E-state index is 11.2. The summed E-state index contributed by atoms with van der Waals surface area (Å²) in [5.74, 6) is 0. The van der Waals surface area contributed by atoms with Crippen molar-refractivity contribution in [2.45, 2.75) is 26.2 Å². The monoisotopic (exact) mass is 284 g/mol. The van der Waals surface area contributed by atoms with Crippen LogP contribution in [-0.2, 0) is 16.4 Å². The molecule has 4 nitrogen and oxygen atoms in total. The van der Waals surface area contributed by atoms with Crippen molar-refractivity contribution in [2.75, 3.05) is 31.6 Å². The average Bonchev–Trinajstić information content (AvgIpc) is 2.24. The number of anilines is 1. The minimum atomic E-state index is -3.19. The van der Waals surface area contributed by atoms with E-state index >= 15 is 0 Å². The lowest BCUT2D eigenvalue weighted by Crippen LogP contribution is -2.13. The predicted octanol–water partition coefficient (Wildman–Crippen LogP) is 2.25. The van der Waals surface area contributed by atoms with Gasteiger partial charge in [0.1, 0.15) is 0 Å². The van der Waals surface area contributed by atoms with Crippen molar-refractivity contribution >= 4 is 15.7 Å². The number of sulfonamides is 1. The van der Waals surface area contributed by atoms with E-state index in [4.69, 9.17) is 0 Å². The van der Waals surface area contributed by atoms with Crippen molar-refractivity contribution in [3.63, 3.8) is 0 Å². The summed E-state index contributed by atoms with van der Waals surface area (Å²) in [5.41, 5.74) is 3.06. The first kappa shape index (κ1) is 16.0. The molecule has 0 heterocycles. The van der Waals surface area contributed by atoms with Crippen LogP contribution in [0.5, 0.6) is 0 Å². The van der Waals surface area contributed by atoms with Gasteiger partial charge in [0.05, 0.1) is 6.26 Å². The maximum atomic E-state index is 11.2. The number of rotatable bonds is 7. The van der Waals surface area contributed by atoms with Crippen LogP contribution in [-0.4, -0.2) is 40.2 Å². The molecule has 0 aromatic heterocycles. The Morgan fingerprint density at radius 2 is 1.89 bits per heavy atom. The largest absolute Gasteiger partial charge is 0.309 e. The van der Waals surface area contributed by atoms with E-state index in [9.17, 15) is 8.42 Å². The number of unbranched alkanes of at least 4 members (excludes halogenated alkanes) is 1. The van der Waals surface area contributed by atoms with Gasteiger partial charge in [-0.05, 0) is 70.1 Å². The Morgan fingerprint density at radius 3 is 2.42 bits per heavy atom. The van der Waals surface area contributed by atoms with Gasteiger partial charge in [-0.3, -0.25) is 4.72 Å². The molecule has 0 atom stereocenters. The lowest BCUT2D eigenvalue weighted by molar-refractivity contribution is 0.394. The molecule has 0 fully saturated rings. The van der Waals surface area contributed by atoms with Crippen LogP contribution in [0.3, 0.4) is 0 Å². The molecular formula is C14H24N2O2S. The van der Waals surface area contributed by atoms with Gasteiger partial charge in [-0.1, -0.05) is 6.07 Å². The van der Waals surface area contributed by atoms with Crippen LogP contribution < -0.4 is 4.72 Å². The summed E-state index contributed by atoms with van der Waals surface area (Å²) in [4.78, 5) is 2.19. The first-order valence-corrected chi connectivity index (χ1v) is 8.39. The highest BCUT2D eigenvalue weighted by molar-refractivity contribution is 7.92. The second-order valence-corrected chi connectivity index (χ2v) is 7.02. The molecule has 0 unspecified atom stereocenters. The van der Waals surface area contributed by atoms with Crippen molar-refractivity contribution in [3.8, 4) is 0 Å². The number of hydrogen-bond acceptors (Lipinski definition) is 3. The minimum Gasteiger partial charge on any atom is -0.309 e. The van der Waals surface area contributed by atoms with E-state index in [1.54, 1.807) is 0 Å². The quantitative estimate of drug-likeness (QED) is 0.781. The van der Waals surface area contributed by atoms with Gasteiger partial charge in [-0.2, -0.15) is 0 Å². The Morgan fingerprint density at radius 1 is 1.21 bits per heavy atom. The summed E-state index contributed by atoms with van der Waals surface area (Å²) < 4.78 is 24.8. The highest BCUT2D eigenvalue weighted by Crippen LogP contribution is 2.18. The van der Waals surface area contributed by atoms with Gasteiger partial charge in [0.2, 0.25) is 10.0 Å². The first-order valence-electron chi connectivity index (χ1n) is 6.50. The topological polar surface area (TPSA) is 49.4 Å². The number of benzene rings is 1. The number of nitrogens with one attached hydrogen (secondary N) is 1. The van der Waals surface area contributed by atoms with Crippen molar-refractivity contribution < 1.29 is 8.42 Å². The van der Waals surface area contributed by atoms with Gasteiger partial charge >= 0.3 is 0 Å². The molecular weight excluding hydrogens is 260 g/mol. The first-order chi connectivity index (χ1) is 8.78. The van der Waals surface area contributed by atoms with E-state index in [-0.39, 0.29) is 0 Å². The summed E-state index contributed by atoms with van der Waals surface area (Å²) in [6.07, 6.45) is 4.53. The Labute approximate surface area is 116 Å². The smallest absolute Gasteiger partial charge is 0.229 e. The van der Waals surface area contributed by atoms with E-state index in [1.165, 1.54) is 12.0 Å². The van der Waals surface area contributed by atoms with Gasteiger partial charge in [0.25, 0.3) is 0 Å². The van der Waals surface area contributed by atoms with Crippen LogP contribution in [0.2, 0.25) is 0 Å². The van der Waals surface area contributed by atoms with E-state index in [0.717, 1.165) is 31.2 Å². The zero-order valence-corrected chi connectivity index (χ0v) is 13.0. The van der Waals surface area contributed by atoms with Gasteiger partial charge in [0, 0.05) is 5.69 Å². The molecule has 0 saturated heterocycles. The van der Waals surface area contributed by atoms with E-state index in [1.807, 2.05) is 25.1 Å². The molecule has 0 radical (unpaired) electrons. The summed E-state index contributed by atoms with van der Waals surface area (Å²) >= 11 is 0. The minimum absolute atomic E-state index is 0.636. The molecule has 0 spiro atoms. The van der Waals surface area contributed by atoms with Crippen LogP contribution >= 0.6 is 0 Å². The number of nitrogens with zero attached hydrogens (tertiary/aromatic N) is 1. The summed E-state index contributed by atoms with van der Waals surface area (Å²) in [5, 5.41) is 0. The van der Waals surface area contributed by atoms with Crippen molar-refractivity contribution in [1.82, 2.24) is 4.90 Å². The molecule has 0 aliphatic heterocycles. The van der Waals surface area contributed by atoms with Gasteiger partial charge < -0.3 is 4.90 Å². The Bertz CT molecular complexity index is 510. The molecule has 0 bridgehead atoms. The molecule has 0 aliphatic rings. The molecule has 1 aromatic rings. The lowest BCUT2D eigenvalue weighted by Gasteiger charge is -2.11. The normalized spacial score (nSPS) is 11.8.